The van der Waals surface area contributed by atoms with Gasteiger partial charge >= 0.3 is 0 Å². The minimum atomic E-state index is -1.17. The highest BCUT2D eigenvalue weighted by atomic mass is 16.5. The third-order valence-corrected chi connectivity index (χ3v) is 5.86. The molecule has 2 aliphatic rings. The number of aliphatic imine (C=N–C) groups is 1. The number of aromatic nitrogens is 1. The van der Waals surface area contributed by atoms with Crippen LogP contribution >= 0.6 is 0 Å². The number of nitrogens with two attached hydrogens (primary N) is 1. The maximum absolute atomic E-state index is 13.4. The molecule has 0 aliphatic carbocycles. The lowest BCUT2D eigenvalue weighted by Crippen LogP contribution is -2.43. The number of nitrogens with zero attached hydrogens (tertiary/aromatic N) is 4. The van der Waals surface area contributed by atoms with Gasteiger partial charge in [-0.05, 0) is 41.5 Å². The largest absolute Gasteiger partial charge is 0.485 e. The zero-order chi connectivity index (χ0) is 21.6. The maximum atomic E-state index is 13.4. The lowest BCUT2D eigenvalue weighted by molar-refractivity contribution is -0.132. The van der Waals surface area contributed by atoms with E-state index in [1.807, 2.05) is 48.5 Å². The van der Waals surface area contributed by atoms with E-state index in [0.717, 1.165) is 16.7 Å². The number of nitriles is 1. The highest BCUT2D eigenvalue weighted by Crippen LogP contribution is 2.50. The summed E-state index contributed by atoms with van der Waals surface area (Å²) in [5.41, 5.74) is 8.75. The molecule has 1 amide bonds. The van der Waals surface area contributed by atoms with Crippen LogP contribution in [-0.4, -0.2) is 28.8 Å². The van der Waals surface area contributed by atoms with Gasteiger partial charge in [-0.1, -0.05) is 24.3 Å². The van der Waals surface area contributed by atoms with Gasteiger partial charge in [0.25, 0.3) is 5.91 Å². The first kappa shape index (κ1) is 18.8. The van der Waals surface area contributed by atoms with Crippen molar-refractivity contribution in [1.82, 2.24) is 9.88 Å². The van der Waals surface area contributed by atoms with Crippen LogP contribution in [0, 0.1) is 11.3 Å². The summed E-state index contributed by atoms with van der Waals surface area (Å²) in [6.45, 7) is 0. The number of benzene rings is 2. The quantitative estimate of drug-likeness (QED) is 0.700. The van der Waals surface area contributed by atoms with Crippen LogP contribution in [-0.2, 0) is 10.3 Å². The Hall–Kier alpha value is -4.18. The molecular formula is C24H19N5O2. The van der Waals surface area contributed by atoms with Crippen molar-refractivity contribution in [2.24, 2.45) is 10.7 Å². The standard InChI is InChI=1S/C24H19N5O2/c1-29-22(30)24(28-23(29)26)12-21(18-6-3-9-27-14-18)31-20-8-7-17(11-19(20)24)16-5-2-4-15(10-16)13-25/h2-11,14,21H,12H2,1H3,(H2,26,28). The zero-order valence-electron chi connectivity index (χ0n) is 16.8. The van der Waals surface area contributed by atoms with Gasteiger partial charge in [0, 0.05) is 37.0 Å². The summed E-state index contributed by atoms with van der Waals surface area (Å²) in [6.07, 6.45) is 3.36. The van der Waals surface area contributed by atoms with E-state index >= 15 is 0 Å². The molecule has 0 bridgehead atoms. The van der Waals surface area contributed by atoms with Gasteiger partial charge in [-0.15, -0.1) is 0 Å². The van der Waals surface area contributed by atoms with Crippen molar-refractivity contribution >= 4 is 11.9 Å². The predicted octanol–water partition coefficient (Wildman–Crippen LogP) is 3.13. The molecule has 3 heterocycles. The molecule has 3 aromatic rings. The number of hydrogen-bond acceptors (Lipinski definition) is 6. The fourth-order valence-electron chi connectivity index (χ4n) is 4.24. The molecule has 152 valence electrons. The van der Waals surface area contributed by atoms with E-state index < -0.39 is 5.54 Å². The van der Waals surface area contributed by atoms with Crippen molar-refractivity contribution in [2.75, 3.05) is 7.05 Å². The normalized spacial score (nSPS) is 21.9. The topological polar surface area (TPSA) is 105 Å². The Morgan fingerprint density at radius 1 is 1.19 bits per heavy atom. The lowest BCUT2D eigenvalue weighted by atomic mass is 9.79. The monoisotopic (exact) mass is 409 g/mol. The number of hydrogen-bond donors (Lipinski definition) is 1. The average molecular weight is 409 g/mol. The first-order chi connectivity index (χ1) is 15.0. The Labute approximate surface area is 179 Å². The molecule has 2 atom stereocenters. The van der Waals surface area contributed by atoms with Crippen molar-refractivity contribution in [1.29, 1.82) is 5.26 Å². The summed E-state index contributed by atoms with van der Waals surface area (Å²) >= 11 is 0. The van der Waals surface area contributed by atoms with E-state index in [0.29, 0.717) is 23.3 Å². The number of likely N-dealkylation sites (N-methyl/N-ethyl adjacent to an activating group) is 1. The van der Waals surface area contributed by atoms with Crippen LogP contribution in [0.1, 0.15) is 29.2 Å². The molecular weight excluding hydrogens is 390 g/mol. The SMILES string of the molecule is CN1C(=O)C2(CC(c3cccnc3)Oc3ccc(-c4cccc(C#N)c4)cc32)N=C1N. The Bertz CT molecular complexity index is 1260. The van der Waals surface area contributed by atoms with Crippen molar-refractivity contribution in [2.45, 2.75) is 18.1 Å². The second kappa shape index (κ2) is 6.96. The number of carbonyl (C=O) groups is 1. The fraction of sp³-hybridized carbons (Fsp3) is 0.167. The van der Waals surface area contributed by atoms with Gasteiger partial charge < -0.3 is 10.5 Å². The molecule has 2 unspecified atom stereocenters. The average Bonchev–Trinajstić information content (AvgIpc) is 3.03. The van der Waals surface area contributed by atoms with E-state index in [1.165, 1.54) is 4.90 Å². The maximum Gasteiger partial charge on any atom is 0.261 e. The molecule has 2 aliphatic heterocycles. The Kier molecular flexibility index (Phi) is 4.22. The van der Waals surface area contributed by atoms with Crippen LogP contribution in [0.25, 0.3) is 11.1 Å². The fourth-order valence-corrected chi connectivity index (χ4v) is 4.24. The van der Waals surface area contributed by atoms with Crippen LogP contribution in [0.3, 0.4) is 0 Å². The van der Waals surface area contributed by atoms with Crippen LogP contribution < -0.4 is 10.5 Å². The van der Waals surface area contributed by atoms with E-state index in [4.69, 9.17) is 10.5 Å². The molecule has 7 heteroatoms. The number of rotatable bonds is 2. The highest BCUT2D eigenvalue weighted by molar-refractivity contribution is 6.07. The van der Waals surface area contributed by atoms with Crippen LogP contribution in [0.15, 0.2) is 72.0 Å². The van der Waals surface area contributed by atoms with E-state index in [9.17, 15) is 10.1 Å². The summed E-state index contributed by atoms with van der Waals surface area (Å²) in [5, 5.41) is 9.24. The number of ether oxygens (including phenoxy) is 1. The molecule has 1 spiro atoms. The zero-order valence-corrected chi connectivity index (χ0v) is 16.8. The van der Waals surface area contributed by atoms with Gasteiger partial charge in [-0.2, -0.15) is 5.26 Å². The first-order valence-corrected chi connectivity index (χ1v) is 9.87. The van der Waals surface area contributed by atoms with Crippen LogP contribution in [0.5, 0.6) is 5.75 Å². The summed E-state index contributed by atoms with van der Waals surface area (Å²) in [6, 6.07) is 19.0. The Morgan fingerprint density at radius 2 is 2.03 bits per heavy atom. The molecule has 2 N–H and O–H groups in total. The van der Waals surface area contributed by atoms with Gasteiger partial charge in [0.05, 0.1) is 11.6 Å². The van der Waals surface area contributed by atoms with Gasteiger partial charge in [0.1, 0.15) is 11.9 Å². The molecule has 5 rings (SSSR count). The van der Waals surface area contributed by atoms with Crippen molar-refractivity contribution in [3.05, 3.63) is 83.7 Å². The van der Waals surface area contributed by atoms with Crippen molar-refractivity contribution < 1.29 is 9.53 Å². The lowest BCUT2D eigenvalue weighted by Gasteiger charge is -2.37. The second-order valence-corrected chi connectivity index (χ2v) is 7.69. The minimum absolute atomic E-state index is 0.180. The first-order valence-electron chi connectivity index (χ1n) is 9.87. The van der Waals surface area contributed by atoms with Gasteiger partial charge in [-0.3, -0.25) is 14.7 Å². The molecule has 0 radical (unpaired) electrons. The number of guanidine groups is 1. The van der Waals surface area contributed by atoms with E-state index in [1.54, 1.807) is 25.5 Å². The molecule has 1 aromatic heterocycles. The van der Waals surface area contributed by atoms with Gasteiger partial charge in [-0.25, -0.2) is 4.99 Å². The third-order valence-electron chi connectivity index (χ3n) is 5.86. The number of fused-ring (bicyclic) bond motifs is 2. The summed E-state index contributed by atoms with van der Waals surface area (Å²) < 4.78 is 6.29. The third kappa shape index (κ3) is 2.92. The molecule has 31 heavy (non-hydrogen) atoms. The highest BCUT2D eigenvalue weighted by Gasteiger charge is 2.53. The van der Waals surface area contributed by atoms with E-state index in [2.05, 4.69) is 16.0 Å². The predicted molar refractivity (Wildman–Crippen MR) is 115 cm³/mol. The van der Waals surface area contributed by atoms with Crippen molar-refractivity contribution in [3.8, 4) is 22.9 Å². The Morgan fingerprint density at radius 3 is 2.74 bits per heavy atom. The van der Waals surface area contributed by atoms with Crippen LogP contribution in [0.2, 0.25) is 0 Å². The number of carbonyl (C=O) groups excluding carboxylic acids is 1. The van der Waals surface area contributed by atoms with Gasteiger partial charge in [0.15, 0.2) is 11.5 Å². The smallest absolute Gasteiger partial charge is 0.261 e. The van der Waals surface area contributed by atoms with E-state index in [-0.39, 0.29) is 18.0 Å². The number of pyridine rings is 1. The minimum Gasteiger partial charge on any atom is -0.485 e. The molecule has 7 nitrogen and oxygen atoms in total. The van der Waals surface area contributed by atoms with Crippen molar-refractivity contribution in [3.63, 3.8) is 0 Å². The Balaban J connectivity index is 1.68. The summed E-state index contributed by atoms with van der Waals surface area (Å²) in [5.74, 6) is 0.575. The molecule has 0 fully saturated rings. The summed E-state index contributed by atoms with van der Waals surface area (Å²) in [7, 11) is 1.63. The second-order valence-electron chi connectivity index (χ2n) is 7.69. The molecule has 0 saturated heterocycles. The molecule has 0 saturated carbocycles. The van der Waals surface area contributed by atoms with Gasteiger partial charge in [0.2, 0.25) is 0 Å². The summed E-state index contributed by atoms with van der Waals surface area (Å²) in [4.78, 5) is 23.6. The molecule has 2 aromatic carbocycles. The number of amides is 1. The van der Waals surface area contributed by atoms with Crippen LogP contribution in [0.4, 0.5) is 0 Å².